The van der Waals surface area contributed by atoms with Gasteiger partial charge in [0.1, 0.15) is 0 Å². The first-order valence-electron chi connectivity index (χ1n) is 7.74. The molecule has 0 saturated carbocycles. The molecule has 1 nitrogen and oxygen atoms in total. The van der Waals surface area contributed by atoms with Crippen LogP contribution in [0.3, 0.4) is 0 Å². The second-order valence-corrected chi connectivity index (χ2v) is 5.30. The van der Waals surface area contributed by atoms with E-state index in [0.29, 0.717) is 12.8 Å². The number of rotatable bonds is 4. The van der Waals surface area contributed by atoms with Gasteiger partial charge in [-0.25, -0.2) is 0 Å². The summed E-state index contributed by atoms with van der Waals surface area (Å²) in [5, 5.41) is 10.9. The summed E-state index contributed by atoms with van der Waals surface area (Å²) in [7, 11) is 0. The molecule has 1 heteroatoms. The Hall–Kier alpha value is -2.30. The zero-order chi connectivity index (χ0) is 15.8. The third-order valence-electron chi connectivity index (χ3n) is 3.96. The van der Waals surface area contributed by atoms with Gasteiger partial charge in [0.15, 0.2) is 0 Å². The van der Waals surface area contributed by atoms with Crippen molar-refractivity contribution >= 4 is 5.57 Å². The molecule has 0 fully saturated rings. The summed E-state index contributed by atoms with van der Waals surface area (Å²) in [6.45, 7) is 4.01. The second kappa shape index (κ2) is 7.64. The van der Waals surface area contributed by atoms with Crippen LogP contribution < -0.4 is 0 Å². The lowest BCUT2D eigenvalue weighted by Crippen LogP contribution is -2.28. The van der Waals surface area contributed by atoms with Crippen LogP contribution in [0, 0.1) is 11.8 Å². The van der Waals surface area contributed by atoms with E-state index in [1.54, 1.807) is 0 Å². The van der Waals surface area contributed by atoms with Crippen molar-refractivity contribution in [1.29, 1.82) is 0 Å². The zero-order valence-corrected chi connectivity index (χ0v) is 13.2. The Bertz CT molecular complexity index is 668. The minimum absolute atomic E-state index is 0.664. The summed E-state index contributed by atoms with van der Waals surface area (Å²) in [5.41, 5.74) is 2.05. The molecule has 0 spiro atoms. The fourth-order valence-electron chi connectivity index (χ4n) is 2.45. The summed E-state index contributed by atoms with van der Waals surface area (Å²) in [6.07, 6.45) is 3.18. The molecule has 0 aliphatic carbocycles. The van der Waals surface area contributed by atoms with E-state index in [1.807, 2.05) is 80.6 Å². The molecule has 0 bridgehead atoms. The first-order chi connectivity index (χ1) is 10.7. The van der Waals surface area contributed by atoms with Crippen LogP contribution in [-0.4, -0.2) is 10.7 Å². The van der Waals surface area contributed by atoms with Crippen molar-refractivity contribution < 1.29 is 5.11 Å². The van der Waals surface area contributed by atoms with Gasteiger partial charge in [0.05, 0.1) is 5.60 Å². The molecule has 0 heterocycles. The molecule has 0 aromatic heterocycles. The highest BCUT2D eigenvalue weighted by Gasteiger charge is 2.28. The van der Waals surface area contributed by atoms with Gasteiger partial charge in [0.2, 0.25) is 0 Å². The van der Waals surface area contributed by atoms with Crippen LogP contribution in [0.2, 0.25) is 0 Å². The van der Waals surface area contributed by atoms with Crippen LogP contribution in [0.15, 0.2) is 66.7 Å². The maximum Gasteiger partial charge on any atom is 0.0903 e. The Balaban J connectivity index is 2.41. The largest absolute Gasteiger partial charge is 0.385 e. The van der Waals surface area contributed by atoms with Gasteiger partial charge >= 0.3 is 0 Å². The molecule has 2 aromatic carbocycles. The number of hydrogen-bond donors (Lipinski definition) is 1. The lowest BCUT2D eigenvalue weighted by Gasteiger charge is -2.28. The fraction of sp³-hybridized carbons (Fsp3) is 0.238. The smallest absolute Gasteiger partial charge is 0.0903 e. The van der Waals surface area contributed by atoms with Crippen molar-refractivity contribution in [2.45, 2.75) is 32.3 Å². The van der Waals surface area contributed by atoms with Gasteiger partial charge in [0.25, 0.3) is 0 Å². The number of allylic oxidation sites excluding steroid dienone is 1. The van der Waals surface area contributed by atoms with E-state index in [1.165, 1.54) is 0 Å². The van der Waals surface area contributed by atoms with Gasteiger partial charge in [-0.05, 0) is 42.2 Å². The average molecular weight is 290 g/mol. The molecule has 112 valence electrons. The van der Waals surface area contributed by atoms with Crippen LogP contribution in [-0.2, 0) is 0 Å². The highest BCUT2D eigenvalue weighted by Crippen LogP contribution is 2.32. The fourth-order valence-corrected chi connectivity index (χ4v) is 2.45. The molecular formula is C21H22O. The van der Waals surface area contributed by atoms with Crippen molar-refractivity contribution in [3.8, 4) is 11.8 Å². The van der Waals surface area contributed by atoms with Crippen LogP contribution in [0.1, 0.15) is 37.8 Å². The molecule has 0 radical (unpaired) electrons. The third-order valence-corrected chi connectivity index (χ3v) is 3.96. The van der Waals surface area contributed by atoms with E-state index in [2.05, 4.69) is 11.8 Å². The van der Waals surface area contributed by atoms with Gasteiger partial charge in [-0.3, -0.25) is 0 Å². The Morgan fingerprint density at radius 1 is 0.955 bits per heavy atom. The molecule has 22 heavy (non-hydrogen) atoms. The molecule has 0 aliphatic heterocycles. The highest BCUT2D eigenvalue weighted by molar-refractivity contribution is 5.74. The SMILES string of the molecule is CCC(O)(CC)/C(=C\C#Cc1ccccc1)c1ccccc1. The summed E-state index contributed by atoms with van der Waals surface area (Å²) in [5.74, 6) is 6.23. The first-order valence-corrected chi connectivity index (χ1v) is 7.74. The van der Waals surface area contributed by atoms with Gasteiger partial charge in [-0.2, -0.15) is 0 Å². The molecule has 2 rings (SSSR count). The molecule has 1 N–H and O–H groups in total. The number of benzene rings is 2. The summed E-state index contributed by atoms with van der Waals surface area (Å²) < 4.78 is 0. The number of aliphatic hydroxyl groups is 1. The Kier molecular flexibility index (Phi) is 5.58. The van der Waals surface area contributed by atoms with Gasteiger partial charge < -0.3 is 5.11 Å². The van der Waals surface area contributed by atoms with Gasteiger partial charge in [0, 0.05) is 5.56 Å². The predicted octanol–water partition coefficient (Wildman–Crippen LogP) is 4.67. The van der Waals surface area contributed by atoms with Crippen molar-refractivity contribution in [2.75, 3.05) is 0 Å². The van der Waals surface area contributed by atoms with Crippen molar-refractivity contribution in [3.05, 3.63) is 77.9 Å². The van der Waals surface area contributed by atoms with Crippen LogP contribution in [0.5, 0.6) is 0 Å². The van der Waals surface area contributed by atoms with Gasteiger partial charge in [-0.1, -0.05) is 74.2 Å². The topological polar surface area (TPSA) is 20.2 Å². The number of hydrogen-bond acceptors (Lipinski definition) is 1. The Morgan fingerprint density at radius 2 is 1.50 bits per heavy atom. The van der Waals surface area contributed by atoms with E-state index in [0.717, 1.165) is 16.7 Å². The minimum Gasteiger partial charge on any atom is -0.385 e. The Labute approximate surface area is 133 Å². The molecule has 2 aromatic rings. The zero-order valence-electron chi connectivity index (χ0n) is 13.2. The second-order valence-electron chi connectivity index (χ2n) is 5.30. The molecule has 0 saturated heterocycles. The van der Waals surface area contributed by atoms with Crippen LogP contribution in [0.4, 0.5) is 0 Å². The van der Waals surface area contributed by atoms with Crippen LogP contribution >= 0.6 is 0 Å². The summed E-state index contributed by atoms with van der Waals surface area (Å²) >= 11 is 0. The minimum atomic E-state index is -0.841. The van der Waals surface area contributed by atoms with Gasteiger partial charge in [-0.15, -0.1) is 0 Å². The summed E-state index contributed by atoms with van der Waals surface area (Å²) in [6, 6.07) is 19.9. The highest BCUT2D eigenvalue weighted by atomic mass is 16.3. The van der Waals surface area contributed by atoms with Crippen molar-refractivity contribution in [1.82, 2.24) is 0 Å². The molecule has 0 amide bonds. The molecule has 0 unspecified atom stereocenters. The van der Waals surface area contributed by atoms with Crippen LogP contribution in [0.25, 0.3) is 5.57 Å². The standard InChI is InChI=1S/C21H22O/c1-3-21(22,4-2)20(19-15-9-6-10-16-19)17-11-14-18-12-7-5-8-13-18/h5-10,12-13,15-17,22H,3-4H2,1-2H3/b20-17-. The van der Waals surface area contributed by atoms with Crippen molar-refractivity contribution in [2.24, 2.45) is 0 Å². The molecule has 0 atom stereocenters. The quantitative estimate of drug-likeness (QED) is 0.811. The maximum atomic E-state index is 10.9. The Morgan fingerprint density at radius 3 is 2.05 bits per heavy atom. The van der Waals surface area contributed by atoms with E-state index in [4.69, 9.17) is 0 Å². The summed E-state index contributed by atoms with van der Waals surface area (Å²) in [4.78, 5) is 0. The predicted molar refractivity (Wildman–Crippen MR) is 93.3 cm³/mol. The van der Waals surface area contributed by atoms with E-state index < -0.39 is 5.60 Å². The molecule has 0 aliphatic rings. The first kappa shape index (κ1) is 16.1. The third kappa shape index (κ3) is 3.87. The normalized spacial score (nSPS) is 11.7. The van der Waals surface area contributed by atoms with E-state index in [-0.39, 0.29) is 0 Å². The monoisotopic (exact) mass is 290 g/mol. The average Bonchev–Trinajstić information content (AvgIpc) is 2.60. The van der Waals surface area contributed by atoms with Crippen molar-refractivity contribution in [3.63, 3.8) is 0 Å². The lowest BCUT2D eigenvalue weighted by molar-refractivity contribution is 0.0935. The lowest BCUT2D eigenvalue weighted by atomic mass is 9.83. The molecular weight excluding hydrogens is 268 g/mol. The van der Waals surface area contributed by atoms with E-state index >= 15 is 0 Å². The van der Waals surface area contributed by atoms with E-state index in [9.17, 15) is 5.11 Å². The maximum absolute atomic E-state index is 10.9.